The molecule has 0 radical (unpaired) electrons. The number of amidine groups is 1. The minimum Gasteiger partial charge on any atom is -0.501 e. The second kappa shape index (κ2) is 5.01. The highest BCUT2D eigenvalue weighted by Crippen LogP contribution is 2.55. The molecule has 1 saturated carbocycles. The van der Waals surface area contributed by atoms with Gasteiger partial charge in [-0.15, -0.1) is 0 Å². The van der Waals surface area contributed by atoms with Crippen molar-refractivity contribution < 1.29 is 4.74 Å². The van der Waals surface area contributed by atoms with Gasteiger partial charge >= 0.3 is 0 Å². The zero-order chi connectivity index (χ0) is 13.2. The molecule has 0 aromatic heterocycles. The summed E-state index contributed by atoms with van der Waals surface area (Å²) in [5.74, 6) is 1.84. The van der Waals surface area contributed by atoms with Crippen molar-refractivity contribution in [3.8, 4) is 0 Å². The van der Waals surface area contributed by atoms with Crippen molar-refractivity contribution in [2.75, 3.05) is 7.11 Å². The molecule has 0 unspecified atom stereocenters. The normalized spacial score (nSPS) is 23.8. The minimum absolute atomic E-state index is 0.302. The van der Waals surface area contributed by atoms with Gasteiger partial charge in [0.05, 0.1) is 12.7 Å². The highest BCUT2D eigenvalue weighted by Gasteiger charge is 2.45. The fourth-order valence-electron chi connectivity index (χ4n) is 2.12. The van der Waals surface area contributed by atoms with Gasteiger partial charge in [0.25, 0.3) is 0 Å². The summed E-state index contributed by atoms with van der Waals surface area (Å²) in [4.78, 5) is 4.50. The summed E-state index contributed by atoms with van der Waals surface area (Å²) >= 11 is 0. The Hall–Kier alpha value is -1.51. The molecule has 0 atom stereocenters. The Kier molecular flexibility index (Phi) is 3.60. The maximum atomic E-state index is 5.42. The summed E-state index contributed by atoms with van der Waals surface area (Å²) in [6.07, 6.45) is 9.53. The second-order valence-electron chi connectivity index (χ2n) is 5.17. The lowest BCUT2D eigenvalue weighted by Crippen LogP contribution is -2.21. The summed E-state index contributed by atoms with van der Waals surface area (Å²) in [6, 6.07) is 0. The predicted molar refractivity (Wildman–Crippen MR) is 75.1 cm³/mol. The fourth-order valence-corrected chi connectivity index (χ4v) is 2.12. The SMILES string of the molecule is CC/C=C/NC1=NC=C(C2(C)CC2)/C1=C(/C)OC. The molecule has 2 aliphatic rings. The van der Waals surface area contributed by atoms with Crippen LogP contribution < -0.4 is 5.32 Å². The largest absolute Gasteiger partial charge is 0.501 e. The van der Waals surface area contributed by atoms with Crippen molar-refractivity contribution in [3.05, 3.63) is 35.4 Å². The quantitative estimate of drug-likeness (QED) is 0.770. The van der Waals surface area contributed by atoms with Gasteiger partial charge in [-0.05, 0) is 43.4 Å². The molecule has 0 saturated heterocycles. The predicted octanol–water partition coefficient (Wildman–Crippen LogP) is 3.52. The van der Waals surface area contributed by atoms with Gasteiger partial charge in [0.2, 0.25) is 0 Å². The first kappa shape index (κ1) is 12.9. The lowest BCUT2D eigenvalue weighted by Gasteiger charge is -2.16. The van der Waals surface area contributed by atoms with Crippen molar-refractivity contribution in [2.45, 2.75) is 40.0 Å². The van der Waals surface area contributed by atoms with Crippen molar-refractivity contribution in [1.29, 1.82) is 0 Å². The van der Waals surface area contributed by atoms with E-state index in [0.717, 1.165) is 23.6 Å². The summed E-state index contributed by atoms with van der Waals surface area (Å²) < 4.78 is 5.42. The lowest BCUT2D eigenvalue weighted by molar-refractivity contribution is 0.291. The van der Waals surface area contributed by atoms with E-state index in [2.05, 4.69) is 30.2 Å². The zero-order valence-corrected chi connectivity index (χ0v) is 11.7. The molecule has 0 bridgehead atoms. The van der Waals surface area contributed by atoms with Gasteiger partial charge in [-0.1, -0.05) is 19.9 Å². The number of nitrogens with one attached hydrogen (secondary N) is 1. The standard InChI is InChI=1S/C15H22N2O/c1-5-6-9-16-14-13(11(2)18-4)12(10-17-14)15(3)7-8-15/h6,9-10H,5,7-8H2,1-4H3,(H,16,17)/b9-6+,13-11+. The van der Waals surface area contributed by atoms with E-state index in [1.165, 1.54) is 18.4 Å². The van der Waals surface area contributed by atoms with Crippen LogP contribution >= 0.6 is 0 Å². The number of aliphatic imine (C=N–C) groups is 1. The molecular formula is C15H22N2O. The van der Waals surface area contributed by atoms with Crippen LogP contribution in [0.3, 0.4) is 0 Å². The smallest absolute Gasteiger partial charge is 0.140 e. The number of nitrogens with zero attached hydrogens (tertiary/aromatic N) is 1. The Bertz CT molecular complexity index is 451. The molecule has 0 aromatic carbocycles. The van der Waals surface area contributed by atoms with Crippen molar-refractivity contribution in [1.82, 2.24) is 5.32 Å². The molecule has 0 amide bonds. The van der Waals surface area contributed by atoms with Gasteiger partial charge in [-0.2, -0.15) is 0 Å². The van der Waals surface area contributed by atoms with E-state index in [1.54, 1.807) is 7.11 Å². The first-order valence-corrected chi connectivity index (χ1v) is 6.58. The van der Waals surface area contributed by atoms with E-state index in [9.17, 15) is 0 Å². The van der Waals surface area contributed by atoms with Gasteiger partial charge in [-0.25, -0.2) is 4.99 Å². The second-order valence-corrected chi connectivity index (χ2v) is 5.17. The van der Waals surface area contributed by atoms with Crippen molar-refractivity contribution in [2.24, 2.45) is 10.4 Å². The van der Waals surface area contributed by atoms with Crippen LogP contribution in [0.1, 0.15) is 40.0 Å². The topological polar surface area (TPSA) is 33.6 Å². The minimum atomic E-state index is 0.302. The maximum Gasteiger partial charge on any atom is 0.140 e. The monoisotopic (exact) mass is 246 g/mol. The van der Waals surface area contributed by atoms with Gasteiger partial charge < -0.3 is 10.1 Å². The molecule has 1 aliphatic carbocycles. The van der Waals surface area contributed by atoms with Crippen molar-refractivity contribution >= 4 is 5.84 Å². The van der Waals surface area contributed by atoms with Crippen LogP contribution in [0.2, 0.25) is 0 Å². The molecule has 1 heterocycles. The molecule has 3 heteroatoms. The molecular weight excluding hydrogens is 224 g/mol. The van der Waals surface area contributed by atoms with E-state index in [-0.39, 0.29) is 0 Å². The Balaban J connectivity index is 2.22. The van der Waals surface area contributed by atoms with E-state index < -0.39 is 0 Å². The van der Waals surface area contributed by atoms with E-state index >= 15 is 0 Å². The van der Waals surface area contributed by atoms with E-state index in [0.29, 0.717) is 5.41 Å². The molecule has 98 valence electrons. The average Bonchev–Trinajstić information content (AvgIpc) is 2.96. The Labute approximate surface area is 109 Å². The van der Waals surface area contributed by atoms with Crippen LogP contribution in [0, 0.1) is 5.41 Å². The van der Waals surface area contributed by atoms with Crippen LogP contribution in [0.15, 0.2) is 40.4 Å². The van der Waals surface area contributed by atoms with Crippen LogP contribution in [0.5, 0.6) is 0 Å². The third-order valence-corrected chi connectivity index (χ3v) is 3.71. The number of ether oxygens (including phenoxy) is 1. The van der Waals surface area contributed by atoms with Gasteiger partial charge in [0.15, 0.2) is 0 Å². The van der Waals surface area contributed by atoms with E-state index in [4.69, 9.17) is 4.74 Å². The lowest BCUT2D eigenvalue weighted by atomic mass is 9.91. The highest BCUT2D eigenvalue weighted by atomic mass is 16.5. The Morgan fingerprint density at radius 1 is 1.56 bits per heavy atom. The molecule has 18 heavy (non-hydrogen) atoms. The van der Waals surface area contributed by atoms with Crippen LogP contribution in [0.25, 0.3) is 0 Å². The fraction of sp³-hybridized carbons (Fsp3) is 0.533. The zero-order valence-electron chi connectivity index (χ0n) is 11.7. The number of methoxy groups -OCH3 is 1. The third-order valence-electron chi connectivity index (χ3n) is 3.71. The Morgan fingerprint density at radius 3 is 2.83 bits per heavy atom. The van der Waals surface area contributed by atoms with Crippen LogP contribution in [-0.2, 0) is 4.74 Å². The van der Waals surface area contributed by atoms with Crippen LogP contribution in [0.4, 0.5) is 0 Å². The summed E-state index contributed by atoms with van der Waals surface area (Å²) in [6.45, 7) is 6.41. The average molecular weight is 246 g/mol. The number of hydrogen-bond acceptors (Lipinski definition) is 3. The van der Waals surface area contributed by atoms with Crippen molar-refractivity contribution in [3.63, 3.8) is 0 Å². The molecule has 0 aromatic rings. The van der Waals surface area contributed by atoms with E-state index in [1.807, 2.05) is 19.3 Å². The van der Waals surface area contributed by atoms with Crippen LogP contribution in [-0.4, -0.2) is 12.9 Å². The molecule has 1 fully saturated rings. The number of rotatable bonds is 4. The molecule has 0 spiro atoms. The van der Waals surface area contributed by atoms with Gasteiger partial charge in [0.1, 0.15) is 11.6 Å². The number of hydrogen-bond donors (Lipinski definition) is 1. The maximum absolute atomic E-state index is 5.42. The van der Waals surface area contributed by atoms with Gasteiger partial charge in [0, 0.05) is 6.20 Å². The Morgan fingerprint density at radius 2 is 2.28 bits per heavy atom. The highest BCUT2D eigenvalue weighted by molar-refractivity contribution is 6.06. The molecule has 1 N–H and O–H groups in total. The number of allylic oxidation sites excluding steroid dienone is 2. The first-order chi connectivity index (χ1) is 8.62. The third kappa shape index (κ3) is 2.35. The first-order valence-electron chi connectivity index (χ1n) is 6.58. The summed E-state index contributed by atoms with van der Waals surface area (Å²) in [5.41, 5.74) is 2.75. The molecule has 3 nitrogen and oxygen atoms in total. The molecule has 1 aliphatic heterocycles. The molecule has 2 rings (SSSR count). The summed E-state index contributed by atoms with van der Waals surface area (Å²) in [7, 11) is 1.72. The summed E-state index contributed by atoms with van der Waals surface area (Å²) in [5, 5.41) is 3.26. The van der Waals surface area contributed by atoms with Gasteiger partial charge in [-0.3, -0.25) is 0 Å².